The predicted octanol–water partition coefficient (Wildman–Crippen LogP) is 3.03. The van der Waals surface area contributed by atoms with Crippen molar-refractivity contribution >= 4 is 17.5 Å². The molecule has 2 aromatic heterocycles. The van der Waals surface area contributed by atoms with E-state index in [1.54, 1.807) is 52.1 Å². The number of nitrogens with zero attached hydrogens (tertiary/aromatic N) is 4. The van der Waals surface area contributed by atoms with E-state index in [1.165, 1.54) is 10.7 Å². The number of carbonyl (C=O) groups is 2. The van der Waals surface area contributed by atoms with Gasteiger partial charge in [0.1, 0.15) is 11.4 Å². The molecule has 0 saturated heterocycles. The van der Waals surface area contributed by atoms with Crippen molar-refractivity contribution in [1.82, 2.24) is 14.3 Å². The Labute approximate surface area is 207 Å². The van der Waals surface area contributed by atoms with Gasteiger partial charge in [-0.1, -0.05) is 6.07 Å². The van der Waals surface area contributed by atoms with Gasteiger partial charge in [0.05, 0.1) is 18.0 Å². The van der Waals surface area contributed by atoms with Crippen molar-refractivity contribution in [3.8, 4) is 17.1 Å². The van der Waals surface area contributed by atoms with Crippen molar-refractivity contribution < 1.29 is 14.3 Å². The van der Waals surface area contributed by atoms with Crippen LogP contribution in [0, 0.1) is 6.92 Å². The average molecular weight is 484 g/mol. The number of pyridine rings is 1. The molecular weight excluding hydrogens is 458 g/mol. The number of benzene rings is 2. The van der Waals surface area contributed by atoms with Crippen LogP contribution in [0.25, 0.3) is 11.4 Å². The molecule has 5 rings (SSSR count). The molecule has 0 bridgehead atoms. The zero-order chi connectivity index (χ0) is 25.4. The number of nitrogens with two attached hydrogens (primary N) is 1. The molecule has 2 amide bonds. The molecule has 9 heteroatoms. The van der Waals surface area contributed by atoms with Crippen LogP contribution in [0.3, 0.4) is 0 Å². The van der Waals surface area contributed by atoms with Gasteiger partial charge < -0.3 is 15.4 Å². The average Bonchev–Trinajstić information content (AvgIpc) is 3.26. The smallest absolute Gasteiger partial charge is 0.277 e. The van der Waals surface area contributed by atoms with Gasteiger partial charge in [-0.3, -0.25) is 19.0 Å². The van der Waals surface area contributed by atoms with Crippen molar-refractivity contribution in [2.45, 2.75) is 20.3 Å². The summed E-state index contributed by atoms with van der Waals surface area (Å²) in [6.07, 6.45) is 2.14. The van der Waals surface area contributed by atoms with Crippen molar-refractivity contribution in [3.05, 3.63) is 99.7 Å². The molecule has 1 aliphatic rings. The number of amides is 2. The van der Waals surface area contributed by atoms with E-state index in [9.17, 15) is 14.4 Å². The van der Waals surface area contributed by atoms with Crippen LogP contribution >= 0.6 is 0 Å². The SMILES string of the molecule is CCOc1ccc(-n2nc(C(N)=O)c3c2C(=O)N(c2ccc(-n4ccccc4=O)c(C)c2)CC3)cc1. The number of aromatic nitrogens is 3. The highest BCUT2D eigenvalue weighted by molar-refractivity contribution is 6.09. The summed E-state index contributed by atoms with van der Waals surface area (Å²) in [4.78, 5) is 39.8. The highest BCUT2D eigenvalue weighted by atomic mass is 16.5. The van der Waals surface area contributed by atoms with Gasteiger partial charge in [0.25, 0.3) is 17.4 Å². The second kappa shape index (κ2) is 9.18. The summed E-state index contributed by atoms with van der Waals surface area (Å²) in [6.45, 7) is 4.70. The Morgan fingerprint density at radius 2 is 1.81 bits per heavy atom. The van der Waals surface area contributed by atoms with Crippen LogP contribution in [0.4, 0.5) is 5.69 Å². The third-order valence-electron chi connectivity index (χ3n) is 6.22. The minimum atomic E-state index is -0.675. The molecule has 0 atom stereocenters. The van der Waals surface area contributed by atoms with Gasteiger partial charge in [-0.2, -0.15) is 5.10 Å². The summed E-state index contributed by atoms with van der Waals surface area (Å²) in [5, 5.41) is 4.41. The van der Waals surface area contributed by atoms with E-state index < -0.39 is 5.91 Å². The lowest BCUT2D eigenvalue weighted by Gasteiger charge is -2.28. The molecule has 4 aromatic rings. The number of primary amides is 1. The quantitative estimate of drug-likeness (QED) is 0.453. The highest BCUT2D eigenvalue weighted by Gasteiger charge is 2.34. The standard InChI is InChI=1S/C27H25N5O4/c1-3-36-20-10-7-18(8-11-20)32-25-21(24(29-32)26(28)34)13-15-30(27(25)35)19-9-12-22(17(2)16-19)31-14-5-4-6-23(31)33/h4-12,14,16H,3,13,15H2,1-2H3,(H2,28,34). The Morgan fingerprint density at radius 1 is 1.06 bits per heavy atom. The summed E-state index contributed by atoms with van der Waals surface area (Å²) in [5.74, 6) is -0.265. The summed E-state index contributed by atoms with van der Waals surface area (Å²) in [5.41, 5.74) is 9.31. The molecule has 9 nitrogen and oxygen atoms in total. The Morgan fingerprint density at radius 3 is 2.47 bits per heavy atom. The van der Waals surface area contributed by atoms with Crippen molar-refractivity contribution in [2.24, 2.45) is 5.73 Å². The van der Waals surface area contributed by atoms with E-state index >= 15 is 0 Å². The molecule has 36 heavy (non-hydrogen) atoms. The minimum absolute atomic E-state index is 0.0990. The van der Waals surface area contributed by atoms with E-state index in [0.717, 1.165) is 11.3 Å². The fraction of sp³-hybridized carbons (Fsp3) is 0.185. The maximum atomic E-state index is 13.8. The van der Waals surface area contributed by atoms with Crippen LogP contribution in [0.1, 0.15) is 39.0 Å². The van der Waals surface area contributed by atoms with Gasteiger partial charge >= 0.3 is 0 Å². The Kier molecular flexibility index (Phi) is 5.89. The summed E-state index contributed by atoms with van der Waals surface area (Å²) < 4.78 is 8.55. The lowest BCUT2D eigenvalue weighted by molar-refractivity contribution is 0.0972. The number of anilines is 1. The molecule has 2 aromatic carbocycles. The third-order valence-corrected chi connectivity index (χ3v) is 6.22. The second-order valence-electron chi connectivity index (χ2n) is 8.47. The lowest BCUT2D eigenvalue weighted by atomic mass is 10.0. The van der Waals surface area contributed by atoms with E-state index in [4.69, 9.17) is 10.5 Å². The van der Waals surface area contributed by atoms with Crippen LogP contribution in [-0.2, 0) is 6.42 Å². The fourth-order valence-electron chi connectivity index (χ4n) is 4.55. The van der Waals surface area contributed by atoms with E-state index in [1.807, 2.05) is 32.0 Å². The number of aryl methyl sites for hydroxylation is 1. The van der Waals surface area contributed by atoms with Crippen molar-refractivity contribution in [3.63, 3.8) is 0 Å². The van der Waals surface area contributed by atoms with E-state index in [-0.39, 0.29) is 17.2 Å². The highest BCUT2D eigenvalue weighted by Crippen LogP contribution is 2.30. The molecule has 0 spiro atoms. The molecule has 0 fully saturated rings. The van der Waals surface area contributed by atoms with Gasteiger partial charge in [0.2, 0.25) is 0 Å². The van der Waals surface area contributed by atoms with Gasteiger partial charge in [-0.25, -0.2) is 4.68 Å². The summed E-state index contributed by atoms with van der Waals surface area (Å²) in [7, 11) is 0. The minimum Gasteiger partial charge on any atom is -0.494 e. The van der Waals surface area contributed by atoms with Crippen molar-refractivity contribution in [2.75, 3.05) is 18.1 Å². The molecule has 0 unspecified atom stereocenters. The molecular formula is C27H25N5O4. The normalized spacial score (nSPS) is 12.9. The van der Waals surface area contributed by atoms with Gasteiger partial charge in [-0.15, -0.1) is 0 Å². The molecule has 0 radical (unpaired) electrons. The van der Waals surface area contributed by atoms with Crippen molar-refractivity contribution in [1.29, 1.82) is 0 Å². The molecule has 3 heterocycles. The van der Waals surface area contributed by atoms with E-state index in [2.05, 4.69) is 5.10 Å². The Hall–Kier alpha value is -4.66. The topological polar surface area (TPSA) is 112 Å². The van der Waals surface area contributed by atoms with Gasteiger partial charge in [0.15, 0.2) is 5.69 Å². The first-order chi connectivity index (χ1) is 17.4. The van der Waals surface area contributed by atoms with E-state index in [0.29, 0.717) is 48.0 Å². The number of rotatable bonds is 6. The van der Waals surface area contributed by atoms with Crippen LogP contribution in [0.5, 0.6) is 5.75 Å². The van der Waals surface area contributed by atoms with Crippen LogP contribution in [-0.4, -0.2) is 39.3 Å². The fourth-order valence-corrected chi connectivity index (χ4v) is 4.55. The Bertz CT molecular complexity index is 1530. The third kappa shape index (κ3) is 3.94. The van der Waals surface area contributed by atoms with Crippen LogP contribution < -0.4 is 20.9 Å². The zero-order valence-electron chi connectivity index (χ0n) is 20.0. The molecule has 2 N–H and O–H groups in total. The monoisotopic (exact) mass is 483 g/mol. The number of hydrogen-bond donors (Lipinski definition) is 1. The number of ether oxygens (including phenoxy) is 1. The largest absolute Gasteiger partial charge is 0.494 e. The second-order valence-corrected chi connectivity index (χ2v) is 8.47. The van der Waals surface area contributed by atoms with Gasteiger partial charge in [0, 0.05) is 30.1 Å². The first kappa shape index (κ1) is 23.1. The van der Waals surface area contributed by atoms with Gasteiger partial charge in [-0.05, 0) is 74.4 Å². The number of carbonyl (C=O) groups excluding carboxylic acids is 2. The predicted molar refractivity (Wildman–Crippen MR) is 135 cm³/mol. The summed E-state index contributed by atoms with van der Waals surface area (Å²) >= 11 is 0. The number of fused-ring (bicyclic) bond motifs is 1. The molecule has 0 aliphatic carbocycles. The van der Waals surface area contributed by atoms with Crippen LogP contribution in [0.2, 0.25) is 0 Å². The zero-order valence-corrected chi connectivity index (χ0v) is 20.0. The first-order valence-corrected chi connectivity index (χ1v) is 11.6. The first-order valence-electron chi connectivity index (χ1n) is 11.6. The Balaban J connectivity index is 1.55. The summed E-state index contributed by atoms with van der Waals surface area (Å²) in [6, 6.07) is 17.7. The molecule has 0 saturated carbocycles. The maximum absolute atomic E-state index is 13.8. The molecule has 1 aliphatic heterocycles. The maximum Gasteiger partial charge on any atom is 0.277 e. The van der Waals surface area contributed by atoms with Crippen LogP contribution in [0.15, 0.2) is 71.7 Å². The lowest BCUT2D eigenvalue weighted by Crippen LogP contribution is -2.39. The molecule has 182 valence electrons. The number of hydrogen-bond acceptors (Lipinski definition) is 5.